The molecule has 0 saturated carbocycles. The number of ether oxygens (including phenoxy) is 3. The Balaban J connectivity index is 1.30. The van der Waals surface area contributed by atoms with Crippen molar-refractivity contribution < 1.29 is 28.9 Å². The highest BCUT2D eigenvalue weighted by Crippen LogP contribution is 2.39. The van der Waals surface area contributed by atoms with Crippen LogP contribution in [0.2, 0.25) is 5.02 Å². The summed E-state index contributed by atoms with van der Waals surface area (Å²) >= 11 is 7.84. The lowest BCUT2D eigenvalue weighted by Gasteiger charge is -2.28. The first kappa shape index (κ1) is 28.5. The maximum atomic E-state index is 13.0. The predicted octanol–water partition coefficient (Wildman–Crippen LogP) is 5.70. The average molecular weight is 594 g/mol. The first-order valence-electron chi connectivity index (χ1n) is 12.8. The quantitative estimate of drug-likeness (QED) is 0.332. The number of benzene rings is 3. The molecule has 0 unspecified atom stereocenters. The van der Waals surface area contributed by atoms with Crippen LogP contribution < -0.4 is 14.4 Å². The van der Waals surface area contributed by atoms with Crippen molar-refractivity contribution in [2.75, 3.05) is 45.4 Å². The lowest BCUT2D eigenvalue weighted by atomic mass is 10.1. The highest BCUT2D eigenvalue weighted by molar-refractivity contribution is 8.18. The number of carboxylic acid groups (broad SMARTS) is 1. The number of amides is 1. The van der Waals surface area contributed by atoms with Crippen molar-refractivity contribution in [3.05, 3.63) is 87.3 Å². The van der Waals surface area contributed by atoms with Crippen LogP contribution in [0.4, 0.5) is 11.4 Å². The number of carboxylic acids is 1. The standard InChI is InChI=1S/C30H28ClN3O6S/c1-33-28(35)26(41-30(33)32-22-7-9-23(10-8-22)34-11-13-39-14-12-34)17-20-15-24(31)27(25(16-20)38-2)40-18-19-3-5-21(6-4-19)29(36)37/h3-10,15-17H,11-14,18H2,1-2H3,(H,36,37)/b26-17-,32-30?. The van der Waals surface area contributed by atoms with Gasteiger partial charge in [0.25, 0.3) is 5.91 Å². The molecule has 0 radical (unpaired) electrons. The van der Waals surface area contributed by atoms with Gasteiger partial charge in [0.05, 0.1) is 41.5 Å². The first-order valence-corrected chi connectivity index (χ1v) is 14.0. The van der Waals surface area contributed by atoms with E-state index in [0.29, 0.717) is 32.2 Å². The zero-order chi connectivity index (χ0) is 28.9. The number of hydrogen-bond acceptors (Lipinski definition) is 8. The summed E-state index contributed by atoms with van der Waals surface area (Å²) in [5.41, 5.74) is 3.52. The number of rotatable bonds is 8. The number of anilines is 1. The fourth-order valence-electron chi connectivity index (χ4n) is 4.34. The van der Waals surface area contributed by atoms with E-state index in [4.69, 9.17) is 35.9 Å². The van der Waals surface area contributed by atoms with Crippen LogP contribution >= 0.6 is 23.4 Å². The summed E-state index contributed by atoms with van der Waals surface area (Å²) in [5, 5.41) is 9.96. The number of hydrogen-bond donors (Lipinski definition) is 1. The molecule has 0 aliphatic carbocycles. The molecule has 3 aromatic rings. The van der Waals surface area contributed by atoms with Crippen LogP contribution in [-0.2, 0) is 16.1 Å². The molecule has 0 bridgehead atoms. The molecule has 2 fully saturated rings. The second-order valence-electron chi connectivity index (χ2n) is 9.31. The fourth-order valence-corrected chi connectivity index (χ4v) is 5.60. The van der Waals surface area contributed by atoms with Crippen molar-refractivity contribution >= 4 is 57.9 Å². The van der Waals surface area contributed by atoms with Crippen LogP contribution in [0.15, 0.2) is 70.6 Å². The molecule has 3 aromatic carbocycles. The summed E-state index contributed by atoms with van der Waals surface area (Å²) in [6, 6.07) is 17.8. The number of likely N-dealkylation sites (N-methyl/N-ethyl adjacent to an activating group) is 1. The van der Waals surface area contributed by atoms with E-state index in [-0.39, 0.29) is 18.1 Å². The van der Waals surface area contributed by atoms with E-state index in [1.54, 1.807) is 37.4 Å². The van der Waals surface area contributed by atoms with Gasteiger partial charge in [0.2, 0.25) is 0 Å². The second-order valence-corrected chi connectivity index (χ2v) is 10.7. The van der Waals surface area contributed by atoms with Gasteiger partial charge in [-0.2, -0.15) is 0 Å². The molecule has 0 atom stereocenters. The van der Waals surface area contributed by atoms with E-state index < -0.39 is 5.97 Å². The van der Waals surface area contributed by atoms with Gasteiger partial charge >= 0.3 is 5.97 Å². The van der Waals surface area contributed by atoms with Crippen molar-refractivity contribution in [2.45, 2.75) is 6.61 Å². The molecule has 0 spiro atoms. The molecule has 2 saturated heterocycles. The lowest BCUT2D eigenvalue weighted by molar-refractivity contribution is -0.121. The number of carbonyl (C=O) groups excluding carboxylic acids is 1. The number of amidine groups is 1. The topological polar surface area (TPSA) is 101 Å². The minimum atomic E-state index is -0.992. The fraction of sp³-hybridized carbons (Fsp3) is 0.233. The van der Waals surface area contributed by atoms with Gasteiger partial charge in [0, 0.05) is 25.8 Å². The van der Waals surface area contributed by atoms with Gasteiger partial charge in [-0.15, -0.1) is 0 Å². The Morgan fingerprint density at radius 2 is 1.83 bits per heavy atom. The van der Waals surface area contributed by atoms with Crippen molar-refractivity contribution in [2.24, 2.45) is 4.99 Å². The SMILES string of the molecule is COc1cc(/C=C2\SC(=Nc3ccc(N4CCOCC4)cc3)N(C)C2=O)cc(Cl)c1OCc1ccc(C(=O)O)cc1. The summed E-state index contributed by atoms with van der Waals surface area (Å²) in [4.78, 5) is 33.1. The Morgan fingerprint density at radius 1 is 1.12 bits per heavy atom. The van der Waals surface area contributed by atoms with E-state index in [9.17, 15) is 9.59 Å². The van der Waals surface area contributed by atoms with Crippen LogP contribution in [0, 0.1) is 0 Å². The van der Waals surface area contributed by atoms with Crippen molar-refractivity contribution in [1.82, 2.24) is 4.90 Å². The first-order chi connectivity index (χ1) is 19.8. The van der Waals surface area contributed by atoms with Crippen LogP contribution in [0.5, 0.6) is 11.5 Å². The zero-order valence-corrected chi connectivity index (χ0v) is 24.1. The Hall–Kier alpha value is -3.99. The molecule has 0 aromatic heterocycles. The number of thioether (sulfide) groups is 1. The van der Waals surface area contributed by atoms with E-state index in [0.717, 1.165) is 43.2 Å². The van der Waals surface area contributed by atoms with Crippen molar-refractivity contribution in [3.8, 4) is 11.5 Å². The number of morpholine rings is 1. The predicted molar refractivity (Wildman–Crippen MR) is 161 cm³/mol. The van der Waals surface area contributed by atoms with Crippen LogP contribution in [0.3, 0.4) is 0 Å². The maximum absolute atomic E-state index is 13.0. The number of methoxy groups -OCH3 is 1. The van der Waals surface area contributed by atoms with Crippen LogP contribution in [0.1, 0.15) is 21.5 Å². The summed E-state index contributed by atoms with van der Waals surface area (Å²) in [7, 11) is 3.21. The Kier molecular flexibility index (Phi) is 8.82. The van der Waals surface area contributed by atoms with Crippen LogP contribution in [-0.4, -0.2) is 67.5 Å². The zero-order valence-electron chi connectivity index (χ0n) is 22.5. The third kappa shape index (κ3) is 6.67. The molecule has 11 heteroatoms. The van der Waals surface area contributed by atoms with E-state index in [1.807, 2.05) is 24.3 Å². The van der Waals surface area contributed by atoms with Crippen molar-refractivity contribution in [3.63, 3.8) is 0 Å². The highest BCUT2D eigenvalue weighted by atomic mass is 35.5. The minimum absolute atomic E-state index is 0.168. The summed E-state index contributed by atoms with van der Waals surface area (Å²) in [6.45, 7) is 3.34. The Labute approximate surface area is 247 Å². The van der Waals surface area contributed by atoms with Gasteiger partial charge in [-0.05, 0) is 77.5 Å². The Bertz CT molecular complexity index is 1500. The van der Waals surface area contributed by atoms with Gasteiger partial charge < -0.3 is 24.2 Å². The van der Waals surface area contributed by atoms with E-state index in [2.05, 4.69) is 4.90 Å². The number of carbonyl (C=O) groups is 2. The number of aliphatic imine (C=N–C) groups is 1. The van der Waals surface area contributed by atoms with Gasteiger partial charge in [0.1, 0.15) is 6.61 Å². The van der Waals surface area contributed by atoms with Gasteiger partial charge in [-0.1, -0.05) is 23.7 Å². The molecule has 9 nitrogen and oxygen atoms in total. The van der Waals surface area contributed by atoms with Gasteiger partial charge in [-0.3, -0.25) is 9.69 Å². The lowest BCUT2D eigenvalue weighted by Crippen LogP contribution is -2.36. The number of halogens is 1. The number of nitrogens with zero attached hydrogens (tertiary/aromatic N) is 3. The monoisotopic (exact) mass is 593 g/mol. The smallest absolute Gasteiger partial charge is 0.335 e. The summed E-state index contributed by atoms with van der Waals surface area (Å²) < 4.78 is 16.8. The summed E-state index contributed by atoms with van der Waals surface area (Å²) in [5.74, 6) is -0.402. The molecule has 41 heavy (non-hydrogen) atoms. The normalized spacial score (nSPS) is 17.4. The molecular weight excluding hydrogens is 566 g/mol. The van der Waals surface area contributed by atoms with Gasteiger partial charge in [0.15, 0.2) is 16.7 Å². The molecule has 1 amide bonds. The van der Waals surface area contributed by atoms with E-state index >= 15 is 0 Å². The van der Waals surface area contributed by atoms with E-state index in [1.165, 1.54) is 35.9 Å². The maximum Gasteiger partial charge on any atom is 0.335 e. The van der Waals surface area contributed by atoms with Gasteiger partial charge in [-0.25, -0.2) is 9.79 Å². The molecule has 2 heterocycles. The minimum Gasteiger partial charge on any atom is -0.493 e. The third-order valence-corrected chi connectivity index (χ3v) is 7.93. The third-order valence-electron chi connectivity index (χ3n) is 6.59. The largest absolute Gasteiger partial charge is 0.493 e. The molecule has 5 rings (SSSR count). The number of aromatic carboxylic acids is 1. The summed E-state index contributed by atoms with van der Waals surface area (Å²) in [6.07, 6.45) is 1.75. The molecule has 2 aliphatic heterocycles. The Morgan fingerprint density at radius 3 is 2.49 bits per heavy atom. The van der Waals surface area contributed by atoms with Crippen molar-refractivity contribution in [1.29, 1.82) is 0 Å². The molecule has 2 aliphatic rings. The molecule has 1 N–H and O–H groups in total. The molecular formula is C30H28ClN3O6S. The molecule has 212 valence electrons. The van der Waals surface area contributed by atoms with Crippen LogP contribution in [0.25, 0.3) is 6.08 Å². The average Bonchev–Trinajstić information content (AvgIpc) is 3.24. The highest BCUT2D eigenvalue weighted by Gasteiger charge is 2.30. The second kappa shape index (κ2) is 12.7.